The van der Waals surface area contributed by atoms with E-state index in [2.05, 4.69) is 24.4 Å². The zero-order valence-electron chi connectivity index (χ0n) is 7.08. The van der Waals surface area contributed by atoms with Crippen molar-refractivity contribution in [3.63, 3.8) is 0 Å². The van der Waals surface area contributed by atoms with E-state index >= 15 is 0 Å². The lowest BCUT2D eigenvalue weighted by molar-refractivity contribution is 0.414. The number of benzene rings is 1. The summed E-state index contributed by atoms with van der Waals surface area (Å²) in [6.45, 7) is 3.91. The van der Waals surface area contributed by atoms with Gasteiger partial charge in [0.05, 0.1) is 7.11 Å². The Balaban J connectivity index is 2.14. The number of methoxy groups -OCH3 is 1. The number of hydrogen-bond donors (Lipinski definition) is 1. The van der Waals surface area contributed by atoms with E-state index in [4.69, 9.17) is 4.74 Å². The van der Waals surface area contributed by atoms with Gasteiger partial charge >= 0.3 is 0 Å². The molecule has 0 amide bonds. The molecule has 1 heterocycles. The minimum Gasteiger partial charge on any atom is -0.497 e. The Morgan fingerprint density at radius 1 is 1.33 bits per heavy atom. The highest BCUT2D eigenvalue weighted by molar-refractivity contribution is 5.33. The molecule has 1 fully saturated rings. The van der Waals surface area contributed by atoms with Crippen LogP contribution in [-0.4, -0.2) is 13.2 Å². The van der Waals surface area contributed by atoms with Crippen LogP contribution in [0.3, 0.4) is 0 Å². The fourth-order valence-corrected chi connectivity index (χ4v) is 1.31. The molecular weight excluding hydrogens is 150 g/mol. The molecule has 63 valence electrons. The second-order valence-corrected chi connectivity index (χ2v) is 3.02. The summed E-state index contributed by atoms with van der Waals surface area (Å²) < 4.78 is 5.06. The molecule has 0 spiro atoms. The van der Waals surface area contributed by atoms with Crippen LogP contribution in [0.2, 0.25) is 0 Å². The van der Waals surface area contributed by atoms with E-state index in [-0.39, 0.29) is 0 Å². The van der Waals surface area contributed by atoms with Crippen molar-refractivity contribution in [1.82, 2.24) is 5.32 Å². The maximum absolute atomic E-state index is 5.06. The summed E-state index contributed by atoms with van der Waals surface area (Å²) in [7, 11) is 1.68. The molecule has 1 aliphatic heterocycles. The summed E-state index contributed by atoms with van der Waals surface area (Å²) in [5.41, 5.74) is 1.29. The van der Waals surface area contributed by atoms with E-state index in [1.54, 1.807) is 7.11 Å². The molecule has 1 saturated heterocycles. The lowest BCUT2D eigenvalue weighted by Gasteiger charge is -2.00. The molecule has 0 bridgehead atoms. The summed E-state index contributed by atoms with van der Waals surface area (Å²) in [4.78, 5) is 0. The number of hydrogen-bond acceptors (Lipinski definition) is 2. The molecule has 2 atom stereocenters. The largest absolute Gasteiger partial charge is 0.497 e. The molecule has 2 heteroatoms. The van der Waals surface area contributed by atoms with Crippen LogP contribution in [0.1, 0.15) is 11.6 Å². The predicted octanol–water partition coefficient (Wildman–Crippen LogP) is 1.54. The summed E-state index contributed by atoms with van der Waals surface area (Å²) >= 11 is 0. The van der Waals surface area contributed by atoms with Gasteiger partial charge in [-0.25, -0.2) is 0 Å². The van der Waals surface area contributed by atoms with E-state index in [0.29, 0.717) is 12.1 Å². The van der Waals surface area contributed by atoms with Crippen LogP contribution in [0.15, 0.2) is 24.3 Å². The minimum absolute atomic E-state index is 0.387. The van der Waals surface area contributed by atoms with Crippen molar-refractivity contribution in [3.05, 3.63) is 36.8 Å². The van der Waals surface area contributed by atoms with Crippen molar-refractivity contribution in [3.8, 4) is 5.75 Å². The molecule has 1 N–H and O–H groups in total. The van der Waals surface area contributed by atoms with E-state index in [1.165, 1.54) is 5.56 Å². The maximum Gasteiger partial charge on any atom is 0.118 e. The second kappa shape index (κ2) is 2.79. The highest BCUT2D eigenvalue weighted by Gasteiger charge is 2.32. The Labute approximate surface area is 72.5 Å². The number of nitrogens with one attached hydrogen (secondary N) is 1. The standard InChI is InChI=1S/C10H12NO/c1-7-10(11-7)8-3-5-9(12-2)6-4-8/h3-7,10-11H,1H2,2H3. The Morgan fingerprint density at radius 2 is 1.92 bits per heavy atom. The van der Waals surface area contributed by atoms with Crippen LogP contribution in [0.4, 0.5) is 0 Å². The molecule has 12 heavy (non-hydrogen) atoms. The van der Waals surface area contributed by atoms with Gasteiger partial charge in [-0.3, -0.25) is 0 Å². The third kappa shape index (κ3) is 1.30. The van der Waals surface area contributed by atoms with Crippen molar-refractivity contribution in [2.75, 3.05) is 7.11 Å². The van der Waals surface area contributed by atoms with E-state index in [1.807, 2.05) is 12.1 Å². The van der Waals surface area contributed by atoms with Crippen LogP contribution in [0.5, 0.6) is 5.75 Å². The van der Waals surface area contributed by atoms with Gasteiger partial charge in [0.2, 0.25) is 0 Å². The van der Waals surface area contributed by atoms with Crippen LogP contribution >= 0.6 is 0 Å². The van der Waals surface area contributed by atoms with Crippen LogP contribution < -0.4 is 10.1 Å². The topological polar surface area (TPSA) is 31.2 Å². The lowest BCUT2D eigenvalue weighted by atomic mass is 10.1. The molecule has 2 rings (SSSR count). The summed E-state index contributed by atoms with van der Waals surface area (Å²) in [6, 6.07) is 8.93. The van der Waals surface area contributed by atoms with Gasteiger partial charge in [0, 0.05) is 12.1 Å². The summed E-state index contributed by atoms with van der Waals surface area (Å²) in [6.07, 6.45) is 0. The Kier molecular flexibility index (Phi) is 1.77. The van der Waals surface area contributed by atoms with E-state index in [9.17, 15) is 0 Å². The third-order valence-corrected chi connectivity index (χ3v) is 2.16. The fourth-order valence-electron chi connectivity index (χ4n) is 1.31. The molecule has 1 aromatic carbocycles. The fraction of sp³-hybridized carbons (Fsp3) is 0.300. The second-order valence-electron chi connectivity index (χ2n) is 3.02. The number of ether oxygens (including phenoxy) is 1. The highest BCUT2D eigenvalue weighted by atomic mass is 16.5. The zero-order chi connectivity index (χ0) is 8.55. The van der Waals surface area contributed by atoms with Gasteiger partial charge in [-0.1, -0.05) is 12.1 Å². The van der Waals surface area contributed by atoms with Gasteiger partial charge in [0.25, 0.3) is 0 Å². The Hall–Kier alpha value is -1.02. The van der Waals surface area contributed by atoms with Crippen molar-refractivity contribution < 1.29 is 4.74 Å². The first kappa shape index (κ1) is 7.62. The van der Waals surface area contributed by atoms with E-state index < -0.39 is 0 Å². The molecule has 2 unspecified atom stereocenters. The predicted molar refractivity (Wildman–Crippen MR) is 48.0 cm³/mol. The molecule has 1 radical (unpaired) electrons. The lowest BCUT2D eigenvalue weighted by Crippen LogP contribution is -1.86. The van der Waals surface area contributed by atoms with Crippen molar-refractivity contribution in [2.45, 2.75) is 12.1 Å². The zero-order valence-corrected chi connectivity index (χ0v) is 7.08. The van der Waals surface area contributed by atoms with Crippen LogP contribution in [-0.2, 0) is 0 Å². The molecule has 2 nitrogen and oxygen atoms in total. The van der Waals surface area contributed by atoms with Gasteiger partial charge in [0.1, 0.15) is 5.75 Å². The first-order valence-electron chi connectivity index (χ1n) is 4.04. The average Bonchev–Trinajstić information content (AvgIpc) is 2.83. The first-order valence-corrected chi connectivity index (χ1v) is 4.04. The molecule has 1 aliphatic rings. The number of rotatable bonds is 2. The van der Waals surface area contributed by atoms with Gasteiger partial charge < -0.3 is 10.1 Å². The van der Waals surface area contributed by atoms with Crippen LogP contribution in [0, 0.1) is 6.92 Å². The summed E-state index contributed by atoms with van der Waals surface area (Å²) in [5.74, 6) is 0.903. The van der Waals surface area contributed by atoms with Gasteiger partial charge in [0.15, 0.2) is 0 Å². The third-order valence-electron chi connectivity index (χ3n) is 2.16. The van der Waals surface area contributed by atoms with E-state index in [0.717, 1.165) is 5.75 Å². The molecule has 0 aromatic heterocycles. The summed E-state index contributed by atoms with van der Waals surface area (Å²) in [5, 5.41) is 3.23. The quantitative estimate of drug-likeness (QED) is 0.669. The van der Waals surface area contributed by atoms with Gasteiger partial charge in [-0.05, 0) is 24.6 Å². The Bertz CT molecular complexity index is 268. The first-order chi connectivity index (χ1) is 5.81. The Morgan fingerprint density at radius 3 is 2.33 bits per heavy atom. The monoisotopic (exact) mass is 162 g/mol. The molecule has 0 aliphatic carbocycles. The maximum atomic E-state index is 5.06. The van der Waals surface area contributed by atoms with Crippen molar-refractivity contribution >= 4 is 0 Å². The smallest absolute Gasteiger partial charge is 0.118 e. The molecule has 1 aromatic rings. The van der Waals surface area contributed by atoms with Crippen molar-refractivity contribution in [1.29, 1.82) is 0 Å². The van der Waals surface area contributed by atoms with Crippen LogP contribution in [0.25, 0.3) is 0 Å². The minimum atomic E-state index is 0.387. The van der Waals surface area contributed by atoms with Crippen molar-refractivity contribution in [2.24, 2.45) is 0 Å². The average molecular weight is 162 g/mol. The van der Waals surface area contributed by atoms with Gasteiger partial charge in [-0.2, -0.15) is 0 Å². The van der Waals surface area contributed by atoms with Gasteiger partial charge in [-0.15, -0.1) is 0 Å². The molecule has 0 saturated carbocycles. The molecular formula is C10H12NO. The SMILES string of the molecule is [CH2]C1NC1c1ccc(OC)cc1. The normalized spacial score (nSPS) is 26.8. The highest BCUT2D eigenvalue weighted by Crippen LogP contribution is 2.29.